The van der Waals surface area contributed by atoms with Crippen molar-refractivity contribution in [3.63, 3.8) is 0 Å². The molecule has 2 aromatic carbocycles. The second-order valence-electron chi connectivity index (χ2n) is 5.02. The number of nitrogens with zero attached hydrogens (tertiary/aromatic N) is 2. The number of hydrogen-bond acceptors (Lipinski definition) is 4. The van der Waals surface area contributed by atoms with E-state index >= 15 is 0 Å². The minimum Gasteiger partial charge on any atom is -0.323 e. The van der Waals surface area contributed by atoms with E-state index in [1.807, 2.05) is 6.07 Å². The molecule has 0 fully saturated rings. The number of anilines is 1. The summed E-state index contributed by atoms with van der Waals surface area (Å²) in [6.07, 6.45) is 0. The van der Waals surface area contributed by atoms with Crippen LogP contribution in [0.15, 0.2) is 51.8 Å². The predicted octanol–water partition coefficient (Wildman–Crippen LogP) is 4.10. The summed E-state index contributed by atoms with van der Waals surface area (Å²) >= 11 is 17.8. The van der Waals surface area contributed by atoms with Crippen LogP contribution in [0.1, 0.15) is 0 Å². The van der Waals surface area contributed by atoms with E-state index in [1.54, 1.807) is 24.3 Å². The quantitative estimate of drug-likeness (QED) is 0.671. The predicted molar refractivity (Wildman–Crippen MR) is 96.3 cm³/mol. The van der Waals surface area contributed by atoms with Gasteiger partial charge in [0.1, 0.15) is 6.54 Å². The molecular formula is C16H10Cl3N3O3. The molecule has 9 heteroatoms. The van der Waals surface area contributed by atoms with E-state index in [-0.39, 0.29) is 33.1 Å². The number of nitrogens with one attached hydrogen (secondary N) is 1. The standard InChI is InChI=1S/C16H10Cl3N3O3/c17-10-6-12(19)13(7-11(10)18)20-14(23)8-22-15(21-25-16(22)24)9-4-2-1-3-5-9/h1-7H,8H2,(H,20,23). The normalized spacial score (nSPS) is 10.7. The van der Waals surface area contributed by atoms with Crippen LogP contribution in [0.5, 0.6) is 0 Å². The topological polar surface area (TPSA) is 77.1 Å². The van der Waals surface area contributed by atoms with Gasteiger partial charge in [-0.3, -0.25) is 9.32 Å². The number of hydrogen-bond donors (Lipinski definition) is 1. The van der Waals surface area contributed by atoms with E-state index in [1.165, 1.54) is 12.1 Å². The van der Waals surface area contributed by atoms with Gasteiger partial charge < -0.3 is 5.32 Å². The fourth-order valence-corrected chi connectivity index (χ4v) is 2.75. The van der Waals surface area contributed by atoms with Gasteiger partial charge >= 0.3 is 5.76 Å². The maximum absolute atomic E-state index is 12.3. The van der Waals surface area contributed by atoms with Crippen LogP contribution in [0, 0.1) is 0 Å². The summed E-state index contributed by atoms with van der Waals surface area (Å²) in [5, 5.41) is 7.04. The molecular weight excluding hydrogens is 389 g/mol. The maximum Gasteiger partial charge on any atom is 0.442 e. The summed E-state index contributed by atoms with van der Waals surface area (Å²) in [4.78, 5) is 24.1. The Morgan fingerprint density at radius 2 is 1.76 bits per heavy atom. The molecule has 3 aromatic rings. The average molecular weight is 399 g/mol. The number of carbonyl (C=O) groups is 1. The monoisotopic (exact) mass is 397 g/mol. The summed E-state index contributed by atoms with van der Waals surface area (Å²) in [7, 11) is 0. The molecule has 128 valence electrons. The summed E-state index contributed by atoms with van der Waals surface area (Å²) in [6.45, 7) is -0.302. The van der Waals surface area contributed by atoms with Crippen molar-refractivity contribution in [3.05, 3.63) is 68.1 Å². The van der Waals surface area contributed by atoms with Crippen molar-refractivity contribution in [2.45, 2.75) is 6.54 Å². The van der Waals surface area contributed by atoms with Crippen molar-refractivity contribution < 1.29 is 9.32 Å². The summed E-state index contributed by atoms with van der Waals surface area (Å²) in [5.74, 6) is -0.988. The van der Waals surface area contributed by atoms with E-state index < -0.39 is 11.7 Å². The summed E-state index contributed by atoms with van der Waals surface area (Å²) in [6, 6.07) is 11.7. The molecule has 1 amide bonds. The number of halogens is 3. The van der Waals surface area contributed by atoms with Gasteiger partial charge in [-0.2, -0.15) is 0 Å². The number of amides is 1. The zero-order valence-electron chi connectivity index (χ0n) is 12.5. The van der Waals surface area contributed by atoms with Gasteiger partial charge in [0.15, 0.2) is 5.82 Å². The SMILES string of the molecule is O=C(Cn1c(-c2ccccc2)noc1=O)Nc1cc(Cl)c(Cl)cc1Cl. The first kappa shape index (κ1) is 17.5. The largest absolute Gasteiger partial charge is 0.442 e. The molecule has 0 aliphatic rings. The van der Waals surface area contributed by atoms with Crippen LogP contribution in [0.25, 0.3) is 11.4 Å². The Labute approximate surface area is 156 Å². The Morgan fingerprint density at radius 3 is 2.48 bits per heavy atom. The Bertz CT molecular complexity index is 983. The molecule has 0 aliphatic heterocycles. The highest BCUT2D eigenvalue weighted by Gasteiger charge is 2.17. The fraction of sp³-hybridized carbons (Fsp3) is 0.0625. The third-order valence-corrected chi connectivity index (χ3v) is 4.34. The zero-order valence-corrected chi connectivity index (χ0v) is 14.8. The maximum atomic E-state index is 12.3. The second-order valence-corrected chi connectivity index (χ2v) is 6.24. The summed E-state index contributed by atoms with van der Waals surface area (Å²) < 4.78 is 5.79. The molecule has 1 heterocycles. The van der Waals surface area contributed by atoms with Crippen LogP contribution in [0.4, 0.5) is 5.69 Å². The lowest BCUT2D eigenvalue weighted by Gasteiger charge is -2.09. The van der Waals surface area contributed by atoms with Crippen molar-refractivity contribution in [2.24, 2.45) is 0 Å². The van der Waals surface area contributed by atoms with E-state index in [4.69, 9.17) is 34.8 Å². The number of rotatable bonds is 4. The average Bonchev–Trinajstić information content (AvgIpc) is 2.94. The van der Waals surface area contributed by atoms with Crippen molar-refractivity contribution >= 4 is 46.4 Å². The molecule has 0 bridgehead atoms. The van der Waals surface area contributed by atoms with Crippen molar-refractivity contribution in [1.29, 1.82) is 0 Å². The third kappa shape index (κ3) is 3.87. The van der Waals surface area contributed by atoms with Gasteiger partial charge in [-0.15, -0.1) is 0 Å². The smallest absolute Gasteiger partial charge is 0.323 e. The first-order chi connectivity index (χ1) is 12.0. The van der Waals surface area contributed by atoms with Crippen LogP contribution >= 0.6 is 34.8 Å². The fourth-order valence-electron chi connectivity index (χ4n) is 2.15. The minimum atomic E-state index is -0.741. The highest BCUT2D eigenvalue weighted by Crippen LogP contribution is 2.32. The van der Waals surface area contributed by atoms with E-state index in [0.29, 0.717) is 5.56 Å². The van der Waals surface area contributed by atoms with E-state index in [9.17, 15) is 9.59 Å². The van der Waals surface area contributed by atoms with Crippen LogP contribution in [-0.2, 0) is 11.3 Å². The molecule has 1 aromatic heterocycles. The van der Waals surface area contributed by atoms with Gasteiger partial charge in [0.05, 0.1) is 20.8 Å². The van der Waals surface area contributed by atoms with Gasteiger partial charge in [0.25, 0.3) is 0 Å². The molecule has 25 heavy (non-hydrogen) atoms. The lowest BCUT2D eigenvalue weighted by molar-refractivity contribution is -0.116. The molecule has 0 unspecified atom stereocenters. The zero-order chi connectivity index (χ0) is 18.0. The first-order valence-electron chi connectivity index (χ1n) is 7.02. The van der Waals surface area contributed by atoms with Crippen molar-refractivity contribution in [3.8, 4) is 11.4 Å². The summed E-state index contributed by atoms with van der Waals surface area (Å²) in [5.41, 5.74) is 0.931. The Morgan fingerprint density at radius 1 is 1.08 bits per heavy atom. The molecule has 0 atom stereocenters. The molecule has 1 N–H and O–H groups in total. The number of aromatic nitrogens is 2. The highest BCUT2D eigenvalue weighted by molar-refractivity contribution is 6.44. The van der Waals surface area contributed by atoms with Crippen LogP contribution in [-0.4, -0.2) is 15.6 Å². The first-order valence-corrected chi connectivity index (χ1v) is 8.15. The Kier molecular flexibility index (Phi) is 5.13. The van der Waals surface area contributed by atoms with E-state index in [0.717, 1.165) is 4.57 Å². The van der Waals surface area contributed by atoms with Gasteiger partial charge in [-0.05, 0) is 12.1 Å². The molecule has 0 radical (unpaired) electrons. The molecule has 0 spiro atoms. The lowest BCUT2D eigenvalue weighted by atomic mass is 10.2. The number of benzene rings is 2. The van der Waals surface area contributed by atoms with Crippen molar-refractivity contribution in [2.75, 3.05) is 5.32 Å². The Hall–Kier alpha value is -2.28. The molecule has 0 aliphatic carbocycles. The lowest BCUT2D eigenvalue weighted by Crippen LogP contribution is -2.25. The van der Waals surface area contributed by atoms with Gasteiger partial charge in [0, 0.05) is 5.56 Å². The van der Waals surface area contributed by atoms with E-state index in [2.05, 4.69) is 15.0 Å². The van der Waals surface area contributed by atoms with Crippen molar-refractivity contribution in [1.82, 2.24) is 9.72 Å². The van der Waals surface area contributed by atoms with Crippen LogP contribution in [0.2, 0.25) is 15.1 Å². The minimum absolute atomic E-state index is 0.226. The van der Waals surface area contributed by atoms with Gasteiger partial charge in [-0.25, -0.2) is 9.36 Å². The second kappa shape index (κ2) is 7.31. The molecule has 0 saturated carbocycles. The van der Waals surface area contributed by atoms with Crippen LogP contribution in [0.3, 0.4) is 0 Å². The molecule has 0 saturated heterocycles. The van der Waals surface area contributed by atoms with Gasteiger partial charge in [-0.1, -0.05) is 70.3 Å². The number of carbonyl (C=O) groups excluding carboxylic acids is 1. The molecule has 3 rings (SSSR count). The van der Waals surface area contributed by atoms with Gasteiger partial charge in [0.2, 0.25) is 5.91 Å². The Balaban J connectivity index is 1.84. The van der Waals surface area contributed by atoms with Crippen LogP contribution < -0.4 is 11.1 Å². The highest BCUT2D eigenvalue weighted by atomic mass is 35.5. The molecule has 6 nitrogen and oxygen atoms in total. The third-order valence-electron chi connectivity index (χ3n) is 3.30.